The van der Waals surface area contributed by atoms with Crippen molar-refractivity contribution >= 4 is 29.2 Å². The first-order valence-electron chi connectivity index (χ1n) is 8.53. The van der Waals surface area contributed by atoms with Crippen molar-refractivity contribution in [2.75, 3.05) is 19.0 Å². The summed E-state index contributed by atoms with van der Waals surface area (Å²) in [7, 11) is 1.52. The first-order valence-corrected chi connectivity index (χ1v) is 8.91. The molecule has 2 aromatic carbocycles. The smallest absolute Gasteiger partial charge is 0.313 e. The number of carbonyl (C=O) groups is 2. The highest BCUT2D eigenvalue weighted by Gasteiger charge is 2.30. The molecule has 0 unspecified atom stereocenters. The van der Waals surface area contributed by atoms with Crippen LogP contribution in [0.1, 0.15) is 12.5 Å². The van der Waals surface area contributed by atoms with Gasteiger partial charge < -0.3 is 19.5 Å². The Hall–Kier alpha value is -2.73. The third-order valence-electron chi connectivity index (χ3n) is 4.29. The molecule has 2 atom stereocenters. The highest BCUT2D eigenvalue weighted by atomic mass is 35.5. The van der Waals surface area contributed by atoms with Gasteiger partial charge in [0.25, 0.3) is 5.91 Å². The molecule has 6 nitrogen and oxygen atoms in total. The van der Waals surface area contributed by atoms with Crippen molar-refractivity contribution in [3.8, 4) is 11.5 Å². The van der Waals surface area contributed by atoms with Gasteiger partial charge in [0.1, 0.15) is 18.1 Å². The molecule has 0 saturated carbocycles. The minimum Gasteiger partial charge on any atom is -0.495 e. The minimum absolute atomic E-state index is 0.203. The summed E-state index contributed by atoms with van der Waals surface area (Å²) >= 11 is 6.00. The second-order valence-corrected chi connectivity index (χ2v) is 6.67. The van der Waals surface area contributed by atoms with E-state index >= 15 is 0 Å². The minimum atomic E-state index is -0.955. The van der Waals surface area contributed by atoms with Crippen LogP contribution in [-0.2, 0) is 20.7 Å². The van der Waals surface area contributed by atoms with Gasteiger partial charge in [-0.25, -0.2) is 0 Å². The molecule has 7 heteroatoms. The summed E-state index contributed by atoms with van der Waals surface area (Å²) in [5, 5.41) is 3.28. The van der Waals surface area contributed by atoms with Crippen LogP contribution in [0.4, 0.5) is 5.69 Å². The van der Waals surface area contributed by atoms with Gasteiger partial charge in [0.05, 0.1) is 18.7 Å². The molecule has 0 saturated heterocycles. The molecule has 0 aromatic heterocycles. The summed E-state index contributed by atoms with van der Waals surface area (Å²) in [6, 6.07) is 12.3. The van der Waals surface area contributed by atoms with Crippen molar-refractivity contribution in [1.82, 2.24) is 0 Å². The average Bonchev–Trinajstić information content (AvgIpc) is 2.67. The van der Waals surface area contributed by atoms with E-state index in [2.05, 4.69) is 5.32 Å². The fourth-order valence-corrected chi connectivity index (χ4v) is 3.02. The third kappa shape index (κ3) is 4.52. The number of nitrogens with one attached hydrogen (secondary N) is 1. The predicted molar refractivity (Wildman–Crippen MR) is 101 cm³/mol. The van der Waals surface area contributed by atoms with E-state index < -0.39 is 23.9 Å². The number of fused-ring (bicyclic) bond motifs is 1. The van der Waals surface area contributed by atoms with E-state index in [1.165, 1.54) is 14.0 Å². The number of rotatable bonds is 5. The Morgan fingerprint density at radius 2 is 2.04 bits per heavy atom. The maximum atomic E-state index is 12.4. The molecule has 27 heavy (non-hydrogen) atoms. The monoisotopic (exact) mass is 389 g/mol. The molecule has 142 valence electrons. The van der Waals surface area contributed by atoms with Gasteiger partial charge in [-0.15, -0.1) is 0 Å². The molecule has 1 amide bonds. The molecule has 1 aliphatic rings. The highest BCUT2D eigenvalue weighted by Crippen LogP contribution is 2.30. The summed E-state index contributed by atoms with van der Waals surface area (Å²) in [6.45, 7) is 1.73. The largest absolute Gasteiger partial charge is 0.495 e. The van der Waals surface area contributed by atoms with E-state index in [9.17, 15) is 9.59 Å². The van der Waals surface area contributed by atoms with E-state index in [-0.39, 0.29) is 6.61 Å². The number of benzene rings is 2. The van der Waals surface area contributed by atoms with E-state index in [0.717, 1.165) is 5.56 Å². The van der Waals surface area contributed by atoms with Crippen LogP contribution >= 0.6 is 11.6 Å². The summed E-state index contributed by atoms with van der Waals surface area (Å²) in [5.41, 5.74) is 1.36. The molecule has 1 N–H and O–H groups in total. The van der Waals surface area contributed by atoms with E-state index in [0.29, 0.717) is 28.6 Å². The third-order valence-corrected chi connectivity index (χ3v) is 4.52. The van der Waals surface area contributed by atoms with Crippen molar-refractivity contribution in [2.24, 2.45) is 5.92 Å². The molecule has 2 aromatic rings. The number of halogens is 1. The SMILES string of the molecule is COc1ccccc1NC(=O)[C@@H](C)OC(=O)[C@H]1COc2ccc(Cl)cc2C1. The molecule has 1 heterocycles. The highest BCUT2D eigenvalue weighted by molar-refractivity contribution is 6.30. The fraction of sp³-hybridized carbons (Fsp3) is 0.300. The normalized spacial score (nSPS) is 16.5. The lowest BCUT2D eigenvalue weighted by molar-refractivity contribution is -0.158. The molecule has 0 spiro atoms. The molecule has 0 radical (unpaired) electrons. The summed E-state index contributed by atoms with van der Waals surface area (Å²) < 4.78 is 16.1. The lowest BCUT2D eigenvalue weighted by Crippen LogP contribution is -2.36. The topological polar surface area (TPSA) is 73.9 Å². The van der Waals surface area contributed by atoms with Gasteiger partial charge in [-0.1, -0.05) is 23.7 Å². The van der Waals surface area contributed by atoms with Crippen molar-refractivity contribution in [2.45, 2.75) is 19.4 Å². The van der Waals surface area contributed by atoms with Gasteiger partial charge in [0.15, 0.2) is 6.10 Å². The maximum absolute atomic E-state index is 12.4. The van der Waals surface area contributed by atoms with E-state index in [1.807, 2.05) is 0 Å². The van der Waals surface area contributed by atoms with E-state index in [1.54, 1.807) is 42.5 Å². The van der Waals surface area contributed by atoms with Gasteiger partial charge in [0, 0.05) is 5.02 Å². The first kappa shape index (κ1) is 19.0. The van der Waals surface area contributed by atoms with Crippen LogP contribution in [0.15, 0.2) is 42.5 Å². The number of amides is 1. The number of carbonyl (C=O) groups excluding carboxylic acids is 2. The zero-order chi connectivity index (χ0) is 19.4. The van der Waals surface area contributed by atoms with Gasteiger partial charge in [-0.05, 0) is 49.2 Å². The van der Waals surface area contributed by atoms with Gasteiger partial charge in [0.2, 0.25) is 0 Å². The molecule has 1 aliphatic heterocycles. The lowest BCUT2D eigenvalue weighted by atomic mass is 9.97. The number of esters is 1. The Labute approximate surface area is 162 Å². The zero-order valence-corrected chi connectivity index (χ0v) is 15.8. The molecule has 0 aliphatic carbocycles. The van der Waals surface area contributed by atoms with Gasteiger partial charge in [-0.2, -0.15) is 0 Å². The van der Waals surface area contributed by atoms with Crippen molar-refractivity contribution in [3.63, 3.8) is 0 Å². The van der Waals surface area contributed by atoms with Crippen LogP contribution in [0, 0.1) is 5.92 Å². The van der Waals surface area contributed by atoms with Crippen molar-refractivity contribution in [3.05, 3.63) is 53.1 Å². The van der Waals surface area contributed by atoms with Crippen LogP contribution < -0.4 is 14.8 Å². The number of anilines is 1. The first-order chi connectivity index (χ1) is 13.0. The fourth-order valence-electron chi connectivity index (χ4n) is 2.82. The Bertz CT molecular complexity index is 854. The zero-order valence-electron chi connectivity index (χ0n) is 15.0. The predicted octanol–water partition coefficient (Wildman–Crippen LogP) is 3.47. The van der Waals surface area contributed by atoms with Crippen LogP contribution in [0.3, 0.4) is 0 Å². The summed E-state index contributed by atoms with van der Waals surface area (Å²) in [4.78, 5) is 24.8. The van der Waals surface area contributed by atoms with Crippen molar-refractivity contribution in [1.29, 1.82) is 0 Å². The van der Waals surface area contributed by atoms with E-state index in [4.69, 9.17) is 25.8 Å². The van der Waals surface area contributed by atoms with Crippen LogP contribution in [0.2, 0.25) is 5.02 Å². The van der Waals surface area contributed by atoms with Crippen LogP contribution in [-0.4, -0.2) is 31.7 Å². The number of para-hydroxylation sites is 2. The molecular formula is C20H20ClNO5. The molecule has 0 bridgehead atoms. The number of ether oxygens (including phenoxy) is 3. The quantitative estimate of drug-likeness (QED) is 0.792. The second-order valence-electron chi connectivity index (χ2n) is 6.23. The van der Waals surface area contributed by atoms with Gasteiger partial charge in [-0.3, -0.25) is 9.59 Å². The standard InChI is InChI=1S/C20H20ClNO5/c1-12(19(23)22-16-5-3-4-6-18(16)25-2)27-20(24)14-9-13-10-15(21)7-8-17(13)26-11-14/h3-8,10,12,14H,9,11H2,1-2H3,(H,22,23)/t12-,14-/m1/s1. The summed E-state index contributed by atoms with van der Waals surface area (Å²) in [5.74, 6) is -0.169. The Morgan fingerprint density at radius 3 is 2.81 bits per heavy atom. The van der Waals surface area contributed by atoms with Crippen molar-refractivity contribution < 1.29 is 23.8 Å². The lowest BCUT2D eigenvalue weighted by Gasteiger charge is -2.25. The summed E-state index contributed by atoms with van der Waals surface area (Å²) in [6.07, 6.45) is -0.501. The number of hydrogen-bond acceptors (Lipinski definition) is 5. The molecule has 3 rings (SSSR count). The Kier molecular flexibility index (Phi) is 5.86. The Morgan fingerprint density at radius 1 is 1.26 bits per heavy atom. The van der Waals surface area contributed by atoms with Crippen LogP contribution in [0.5, 0.6) is 11.5 Å². The van der Waals surface area contributed by atoms with Crippen LogP contribution in [0.25, 0.3) is 0 Å². The molecular weight excluding hydrogens is 370 g/mol. The second kappa shape index (κ2) is 8.31. The average molecular weight is 390 g/mol. The van der Waals surface area contributed by atoms with Gasteiger partial charge >= 0.3 is 5.97 Å². The maximum Gasteiger partial charge on any atom is 0.313 e. The molecule has 0 fully saturated rings. The number of methoxy groups -OCH3 is 1. The Balaban J connectivity index is 1.59. The number of hydrogen-bond donors (Lipinski definition) is 1.